The molecule has 2 unspecified atom stereocenters. The first-order chi connectivity index (χ1) is 25.2. The van der Waals surface area contributed by atoms with Crippen molar-refractivity contribution in [2.45, 2.75) is 137 Å². The molecule has 0 aliphatic heterocycles. The molecule has 16 heteroatoms. The fraction of sp³-hybridized carbons (Fsp3) is 0.605. The van der Waals surface area contributed by atoms with Crippen LogP contribution in [-0.2, 0) is 48.3 Å². The first kappa shape index (κ1) is 45.3. The first-order valence-corrected chi connectivity index (χ1v) is 18.2. The molecule has 0 fully saturated rings. The van der Waals surface area contributed by atoms with Gasteiger partial charge in [-0.3, -0.25) is 19.2 Å². The molecule has 4 N–H and O–H groups in total. The van der Waals surface area contributed by atoms with Crippen LogP contribution in [0.2, 0.25) is 0 Å². The number of aryl methyl sites for hydroxylation is 1. The van der Waals surface area contributed by atoms with Gasteiger partial charge in [-0.25, -0.2) is 28.1 Å². The lowest BCUT2D eigenvalue weighted by atomic mass is 9.84. The van der Waals surface area contributed by atoms with Gasteiger partial charge in [0.15, 0.2) is 0 Å². The van der Waals surface area contributed by atoms with Crippen molar-refractivity contribution in [1.29, 1.82) is 0 Å². The molecule has 0 bridgehead atoms. The van der Waals surface area contributed by atoms with Crippen LogP contribution in [0.3, 0.4) is 0 Å². The quantitative estimate of drug-likeness (QED) is 0.101. The minimum atomic E-state index is -1.49. The lowest BCUT2D eigenvalue weighted by molar-refractivity contribution is -0.156. The van der Waals surface area contributed by atoms with Crippen molar-refractivity contribution < 1.29 is 38.9 Å². The molecular weight excluding hydrogens is 702 g/mol. The highest BCUT2D eigenvalue weighted by molar-refractivity contribution is 5.95. The van der Waals surface area contributed by atoms with Gasteiger partial charge in [-0.2, -0.15) is 0 Å². The molecule has 0 saturated heterocycles. The zero-order chi connectivity index (χ0) is 40.8. The van der Waals surface area contributed by atoms with Gasteiger partial charge in [-0.15, -0.1) is 6.58 Å². The van der Waals surface area contributed by atoms with Crippen LogP contribution in [0, 0.1) is 12.3 Å². The summed E-state index contributed by atoms with van der Waals surface area (Å²) in [5.41, 5.74) is -2.46. The number of esters is 2. The summed E-state index contributed by atoms with van der Waals surface area (Å²) < 4.78 is 12.7. The van der Waals surface area contributed by atoms with E-state index in [9.17, 15) is 43.8 Å². The predicted octanol–water partition coefficient (Wildman–Crippen LogP) is 3.02. The summed E-state index contributed by atoms with van der Waals surface area (Å²) in [6, 6.07) is 5.00. The van der Waals surface area contributed by atoms with Gasteiger partial charge in [0.25, 0.3) is 0 Å². The Labute approximate surface area is 315 Å². The Morgan fingerprint density at radius 3 is 1.94 bits per heavy atom. The monoisotopic (exact) mass is 759 g/mol. The molecule has 2 atom stereocenters. The van der Waals surface area contributed by atoms with E-state index in [-0.39, 0.29) is 57.1 Å². The number of hydrogen-bond acceptors (Lipinski definition) is 11. The third-order valence-corrected chi connectivity index (χ3v) is 9.30. The summed E-state index contributed by atoms with van der Waals surface area (Å²) >= 11 is 0. The Morgan fingerprint density at radius 1 is 0.815 bits per heavy atom. The van der Waals surface area contributed by atoms with E-state index in [1.807, 2.05) is 27.7 Å². The highest BCUT2D eigenvalue weighted by atomic mass is 16.6. The Hall–Kier alpha value is -4.83. The maximum Gasteiger partial charge on any atom is 0.336 e. The second-order valence-electron chi connectivity index (χ2n) is 14.6. The molecule has 1 heterocycles. The number of nitrogens with one attached hydrogen (secondary N) is 2. The highest BCUT2D eigenvalue weighted by Crippen LogP contribution is 2.25. The number of amides is 2. The minimum absolute atomic E-state index is 0.0430. The molecule has 0 saturated carbocycles. The van der Waals surface area contributed by atoms with Crippen molar-refractivity contribution in [3.05, 3.63) is 67.9 Å². The molecule has 16 nitrogen and oxygen atoms in total. The van der Waals surface area contributed by atoms with Gasteiger partial charge < -0.3 is 30.3 Å². The van der Waals surface area contributed by atoms with Gasteiger partial charge >= 0.3 is 29.0 Å². The number of carbonyl (C=O) groups is 4. The number of nitrogens with zero attached hydrogens (tertiary/aromatic N) is 3. The number of aromatic nitrogens is 3. The molecule has 1 aromatic carbocycles. The zero-order valence-electron chi connectivity index (χ0n) is 32.6. The largest absolute Gasteiger partial charge is 0.463 e. The summed E-state index contributed by atoms with van der Waals surface area (Å²) in [4.78, 5) is 88.7. The standard InChI is InChI=1S/C38H57N5O11/c1-9-20-41-34(50)42(36(52)43(35(41)51)23-29(45)37(5,6)10-2)22-27(44)24-53-32(48)16-12-14-30(46)39-26-19-18-25(4)28(21-26)40-31(47)15-13-17-33(49)54-38(7,8)11-3/h9,18-19,21,27,29,44-45H,1,10-17,20,22-24H2,2-8H3,(H,39,46)(H,40,47). The van der Waals surface area contributed by atoms with Crippen LogP contribution in [0.25, 0.3) is 0 Å². The van der Waals surface area contributed by atoms with Crippen LogP contribution in [0.15, 0.2) is 45.2 Å². The van der Waals surface area contributed by atoms with Crippen molar-refractivity contribution >= 4 is 35.1 Å². The average Bonchev–Trinajstić information content (AvgIpc) is 3.10. The van der Waals surface area contributed by atoms with E-state index in [4.69, 9.17) is 9.47 Å². The van der Waals surface area contributed by atoms with Crippen molar-refractivity contribution in [3.63, 3.8) is 0 Å². The summed E-state index contributed by atoms with van der Waals surface area (Å²) in [5, 5.41) is 26.8. The average molecular weight is 760 g/mol. The molecular formula is C38H57N5O11. The van der Waals surface area contributed by atoms with Crippen LogP contribution in [0.4, 0.5) is 11.4 Å². The van der Waals surface area contributed by atoms with Gasteiger partial charge in [0.05, 0.1) is 25.7 Å². The fourth-order valence-electron chi connectivity index (χ4n) is 4.95. The van der Waals surface area contributed by atoms with Crippen LogP contribution in [0.5, 0.6) is 0 Å². The molecule has 2 amide bonds. The highest BCUT2D eigenvalue weighted by Gasteiger charge is 2.29. The van der Waals surface area contributed by atoms with Crippen LogP contribution in [0.1, 0.15) is 98.5 Å². The number of aliphatic hydroxyl groups excluding tert-OH is 2. The van der Waals surface area contributed by atoms with E-state index in [0.29, 0.717) is 35.2 Å². The lowest BCUT2D eigenvalue weighted by Gasteiger charge is -2.29. The topological polar surface area (TPSA) is 217 Å². The number of hydrogen-bond donors (Lipinski definition) is 4. The number of carbonyl (C=O) groups excluding carboxylic acids is 4. The maximum absolute atomic E-state index is 13.2. The minimum Gasteiger partial charge on any atom is -0.463 e. The second-order valence-corrected chi connectivity index (χ2v) is 14.6. The Morgan fingerprint density at radius 2 is 1.37 bits per heavy atom. The van der Waals surface area contributed by atoms with E-state index < -0.39 is 65.3 Å². The lowest BCUT2D eigenvalue weighted by Crippen LogP contribution is -2.57. The number of anilines is 2. The second kappa shape index (κ2) is 20.6. The van der Waals surface area contributed by atoms with Gasteiger partial charge in [-0.1, -0.05) is 39.8 Å². The van der Waals surface area contributed by atoms with E-state index in [2.05, 4.69) is 17.2 Å². The summed E-state index contributed by atoms with van der Waals surface area (Å²) in [5.74, 6) is -1.77. The molecule has 0 spiro atoms. The van der Waals surface area contributed by atoms with Crippen molar-refractivity contribution in [1.82, 2.24) is 13.7 Å². The number of benzene rings is 1. The van der Waals surface area contributed by atoms with Crippen LogP contribution in [-0.4, -0.2) is 72.1 Å². The first-order valence-electron chi connectivity index (χ1n) is 18.2. The molecule has 0 aliphatic carbocycles. The van der Waals surface area contributed by atoms with Crippen molar-refractivity contribution in [3.8, 4) is 0 Å². The summed E-state index contributed by atoms with van der Waals surface area (Å²) in [7, 11) is 0. The molecule has 300 valence electrons. The van der Waals surface area contributed by atoms with Crippen molar-refractivity contribution in [2.75, 3.05) is 17.2 Å². The normalized spacial score (nSPS) is 12.8. The summed E-state index contributed by atoms with van der Waals surface area (Å²) in [6.07, 6.45) is 0.379. The number of allylic oxidation sites excluding steroid dienone is 1. The number of aliphatic hydroxyl groups is 2. The number of rotatable bonds is 22. The summed E-state index contributed by atoms with van der Waals surface area (Å²) in [6.45, 7) is 14.5. The molecule has 0 radical (unpaired) electrons. The molecule has 0 aliphatic rings. The van der Waals surface area contributed by atoms with E-state index in [0.717, 1.165) is 14.7 Å². The van der Waals surface area contributed by atoms with Gasteiger partial charge in [0, 0.05) is 37.1 Å². The van der Waals surface area contributed by atoms with Crippen LogP contribution < -0.4 is 27.7 Å². The SMILES string of the molecule is C=CCn1c(=O)n(CC(O)COC(=O)CCCC(=O)Nc2ccc(C)c(NC(=O)CCCC(=O)OC(C)(C)CC)c2)c(=O)n(CC(O)C(C)(C)CC)c1=O. The van der Waals surface area contributed by atoms with Gasteiger partial charge in [0.2, 0.25) is 11.8 Å². The Balaban J connectivity index is 1.90. The Kier molecular flexibility index (Phi) is 17.3. The third kappa shape index (κ3) is 13.9. The third-order valence-electron chi connectivity index (χ3n) is 9.30. The van der Waals surface area contributed by atoms with Crippen molar-refractivity contribution in [2.24, 2.45) is 5.41 Å². The van der Waals surface area contributed by atoms with Gasteiger partial charge in [0.1, 0.15) is 18.3 Å². The van der Waals surface area contributed by atoms with E-state index >= 15 is 0 Å². The van der Waals surface area contributed by atoms with E-state index in [1.165, 1.54) is 6.08 Å². The smallest absolute Gasteiger partial charge is 0.336 e. The zero-order valence-corrected chi connectivity index (χ0v) is 32.6. The number of ether oxygens (including phenoxy) is 2. The van der Waals surface area contributed by atoms with E-state index in [1.54, 1.807) is 39.0 Å². The molecule has 1 aromatic heterocycles. The molecule has 2 rings (SSSR count). The van der Waals surface area contributed by atoms with Crippen LogP contribution >= 0.6 is 0 Å². The Bertz CT molecular complexity index is 1820. The molecule has 2 aromatic rings. The maximum atomic E-state index is 13.2. The van der Waals surface area contributed by atoms with Gasteiger partial charge in [-0.05, 0) is 69.6 Å². The predicted molar refractivity (Wildman–Crippen MR) is 203 cm³/mol. The molecule has 54 heavy (non-hydrogen) atoms. The fourth-order valence-corrected chi connectivity index (χ4v) is 4.95.